The molecule has 0 rings (SSSR count). The third-order valence-corrected chi connectivity index (χ3v) is 2.89. The van der Waals surface area contributed by atoms with Gasteiger partial charge in [0, 0.05) is 32.8 Å². The lowest BCUT2D eigenvalue weighted by Gasteiger charge is -2.24. The predicted octanol–water partition coefficient (Wildman–Crippen LogP) is 1.77. The highest BCUT2D eigenvalue weighted by atomic mass is 16.5. The predicted molar refractivity (Wildman–Crippen MR) is 66.0 cm³/mol. The minimum atomic E-state index is 0.257. The van der Waals surface area contributed by atoms with Gasteiger partial charge in [-0.15, -0.1) is 0 Å². The summed E-state index contributed by atoms with van der Waals surface area (Å²) in [5.74, 6) is 0. The molecule has 0 aromatic carbocycles. The Labute approximate surface area is 94.8 Å². The van der Waals surface area contributed by atoms with E-state index in [-0.39, 0.29) is 6.04 Å². The zero-order valence-electron chi connectivity index (χ0n) is 10.8. The molecule has 0 saturated carbocycles. The third-order valence-electron chi connectivity index (χ3n) is 2.89. The van der Waals surface area contributed by atoms with E-state index in [1.165, 1.54) is 6.42 Å². The van der Waals surface area contributed by atoms with Gasteiger partial charge in [0.2, 0.25) is 0 Å². The fourth-order valence-electron chi connectivity index (χ4n) is 1.31. The minimum absolute atomic E-state index is 0.257. The van der Waals surface area contributed by atoms with Crippen LogP contribution in [0.25, 0.3) is 0 Å². The van der Waals surface area contributed by atoms with Gasteiger partial charge in [0.1, 0.15) is 0 Å². The summed E-state index contributed by atoms with van der Waals surface area (Å²) in [6.45, 7) is 9.54. The molecule has 1 atom stereocenters. The highest BCUT2D eigenvalue weighted by Crippen LogP contribution is 2.17. The molecule has 0 heterocycles. The fourth-order valence-corrected chi connectivity index (χ4v) is 1.31. The molecule has 1 unspecified atom stereocenters. The lowest BCUT2D eigenvalue weighted by molar-refractivity contribution is 0.190. The fraction of sp³-hybridized carbons (Fsp3) is 1.00. The molecule has 0 spiro atoms. The molecule has 0 radical (unpaired) electrons. The van der Waals surface area contributed by atoms with Crippen LogP contribution in [-0.2, 0) is 4.74 Å². The van der Waals surface area contributed by atoms with E-state index in [0.717, 1.165) is 32.5 Å². The maximum Gasteiger partial charge on any atom is 0.0462 e. The van der Waals surface area contributed by atoms with E-state index in [9.17, 15) is 0 Å². The summed E-state index contributed by atoms with van der Waals surface area (Å²) < 4.78 is 4.99. The van der Waals surface area contributed by atoms with Crippen molar-refractivity contribution in [2.24, 2.45) is 11.1 Å². The van der Waals surface area contributed by atoms with Crippen LogP contribution in [0.1, 0.15) is 40.0 Å². The summed E-state index contributed by atoms with van der Waals surface area (Å²) in [6.07, 6.45) is 3.28. The van der Waals surface area contributed by atoms with Crippen LogP contribution in [0.4, 0.5) is 0 Å². The molecule has 15 heavy (non-hydrogen) atoms. The summed E-state index contributed by atoms with van der Waals surface area (Å²) in [6, 6.07) is 0.257. The largest absolute Gasteiger partial charge is 0.385 e. The number of nitrogens with one attached hydrogen (secondary N) is 1. The maximum absolute atomic E-state index is 5.97. The molecule has 3 nitrogen and oxygen atoms in total. The molecule has 0 aliphatic rings. The summed E-state index contributed by atoms with van der Waals surface area (Å²) in [5.41, 5.74) is 6.35. The molecule has 0 bridgehead atoms. The monoisotopic (exact) mass is 216 g/mol. The Hall–Kier alpha value is -0.120. The SMILES string of the molecule is CCC(C)(C)CNCC(N)CCCOC. The van der Waals surface area contributed by atoms with Gasteiger partial charge >= 0.3 is 0 Å². The van der Waals surface area contributed by atoms with Crippen molar-refractivity contribution >= 4 is 0 Å². The van der Waals surface area contributed by atoms with Crippen molar-refractivity contribution in [1.82, 2.24) is 5.32 Å². The summed E-state index contributed by atoms with van der Waals surface area (Å²) in [4.78, 5) is 0. The van der Waals surface area contributed by atoms with Gasteiger partial charge in [-0.3, -0.25) is 0 Å². The van der Waals surface area contributed by atoms with Crippen molar-refractivity contribution in [3.05, 3.63) is 0 Å². The van der Waals surface area contributed by atoms with E-state index in [0.29, 0.717) is 5.41 Å². The van der Waals surface area contributed by atoms with Gasteiger partial charge in [0.15, 0.2) is 0 Å². The van der Waals surface area contributed by atoms with Crippen LogP contribution < -0.4 is 11.1 Å². The number of ether oxygens (including phenoxy) is 1. The Bertz CT molecular complexity index is 149. The minimum Gasteiger partial charge on any atom is -0.385 e. The second-order valence-electron chi connectivity index (χ2n) is 5.04. The first kappa shape index (κ1) is 14.9. The zero-order chi connectivity index (χ0) is 11.7. The van der Waals surface area contributed by atoms with Crippen molar-refractivity contribution in [3.63, 3.8) is 0 Å². The van der Waals surface area contributed by atoms with Crippen molar-refractivity contribution in [2.45, 2.75) is 46.1 Å². The number of rotatable bonds is 9. The average Bonchev–Trinajstić information content (AvgIpc) is 2.18. The number of methoxy groups -OCH3 is 1. The molecule has 0 aliphatic carbocycles. The Morgan fingerprint density at radius 3 is 2.60 bits per heavy atom. The average molecular weight is 216 g/mol. The quantitative estimate of drug-likeness (QED) is 0.577. The van der Waals surface area contributed by atoms with Gasteiger partial charge in [0.25, 0.3) is 0 Å². The highest BCUT2D eigenvalue weighted by molar-refractivity contribution is 4.72. The molecule has 3 heteroatoms. The van der Waals surface area contributed by atoms with E-state index in [2.05, 4.69) is 26.1 Å². The first-order chi connectivity index (χ1) is 7.02. The van der Waals surface area contributed by atoms with E-state index < -0.39 is 0 Å². The first-order valence-electron chi connectivity index (χ1n) is 5.97. The van der Waals surface area contributed by atoms with Crippen molar-refractivity contribution in [3.8, 4) is 0 Å². The molecule has 0 aromatic rings. The molecule has 92 valence electrons. The second-order valence-corrected chi connectivity index (χ2v) is 5.04. The van der Waals surface area contributed by atoms with Crippen molar-refractivity contribution < 1.29 is 4.74 Å². The van der Waals surface area contributed by atoms with Crippen LogP contribution in [0.15, 0.2) is 0 Å². The molecule has 0 fully saturated rings. The van der Waals surface area contributed by atoms with Crippen molar-refractivity contribution in [2.75, 3.05) is 26.8 Å². The summed E-state index contributed by atoms with van der Waals surface area (Å²) in [5, 5.41) is 3.44. The van der Waals surface area contributed by atoms with E-state index in [4.69, 9.17) is 10.5 Å². The normalized spacial score (nSPS) is 14.2. The topological polar surface area (TPSA) is 47.3 Å². The maximum atomic E-state index is 5.97. The lowest BCUT2D eigenvalue weighted by Crippen LogP contribution is -2.38. The smallest absolute Gasteiger partial charge is 0.0462 e. The Morgan fingerprint density at radius 1 is 1.40 bits per heavy atom. The number of hydrogen-bond donors (Lipinski definition) is 2. The van der Waals surface area contributed by atoms with E-state index >= 15 is 0 Å². The van der Waals surface area contributed by atoms with Gasteiger partial charge < -0.3 is 15.8 Å². The van der Waals surface area contributed by atoms with E-state index in [1.54, 1.807) is 7.11 Å². The van der Waals surface area contributed by atoms with Crippen molar-refractivity contribution in [1.29, 1.82) is 0 Å². The second kappa shape index (κ2) is 8.08. The van der Waals surface area contributed by atoms with Gasteiger partial charge in [-0.2, -0.15) is 0 Å². The molecule has 0 aromatic heterocycles. The standard InChI is InChI=1S/C12H28N2O/c1-5-12(2,3)10-14-9-11(13)7-6-8-15-4/h11,14H,5-10,13H2,1-4H3. The van der Waals surface area contributed by atoms with Crippen LogP contribution in [0, 0.1) is 5.41 Å². The number of nitrogens with two attached hydrogens (primary N) is 1. The van der Waals surface area contributed by atoms with Crippen LogP contribution >= 0.6 is 0 Å². The summed E-state index contributed by atoms with van der Waals surface area (Å²) in [7, 11) is 1.73. The van der Waals surface area contributed by atoms with Crippen LogP contribution in [0.3, 0.4) is 0 Å². The van der Waals surface area contributed by atoms with Crippen LogP contribution in [0.2, 0.25) is 0 Å². The van der Waals surface area contributed by atoms with Gasteiger partial charge in [-0.1, -0.05) is 20.8 Å². The van der Waals surface area contributed by atoms with Crippen LogP contribution in [-0.4, -0.2) is 32.8 Å². The van der Waals surface area contributed by atoms with Gasteiger partial charge in [0.05, 0.1) is 0 Å². The molecule has 0 saturated heterocycles. The molecular weight excluding hydrogens is 188 g/mol. The molecule has 0 amide bonds. The lowest BCUT2D eigenvalue weighted by atomic mass is 9.90. The molecule has 3 N–H and O–H groups in total. The molecular formula is C12H28N2O. The number of hydrogen-bond acceptors (Lipinski definition) is 3. The molecule has 0 aliphatic heterocycles. The summed E-state index contributed by atoms with van der Waals surface area (Å²) >= 11 is 0. The highest BCUT2D eigenvalue weighted by Gasteiger charge is 2.14. The van der Waals surface area contributed by atoms with Gasteiger partial charge in [-0.25, -0.2) is 0 Å². The van der Waals surface area contributed by atoms with Gasteiger partial charge in [-0.05, 0) is 24.7 Å². The Morgan fingerprint density at radius 2 is 2.07 bits per heavy atom. The third kappa shape index (κ3) is 8.85. The Balaban J connectivity index is 3.42. The van der Waals surface area contributed by atoms with E-state index in [1.807, 2.05) is 0 Å². The van der Waals surface area contributed by atoms with Crippen LogP contribution in [0.5, 0.6) is 0 Å². The zero-order valence-corrected chi connectivity index (χ0v) is 10.8. The Kier molecular flexibility index (Phi) is 8.02. The first-order valence-corrected chi connectivity index (χ1v) is 5.97.